The minimum Gasteiger partial charge on any atom is -0.489 e. The van der Waals surface area contributed by atoms with Crippen molar-refractivity contribution in [2.75, 3.05) is 19.7 Å². The molecule has 150 valence electrons. The van der Waals surface area contributed by atoms with Crippen molar-refractivity contribution in [3.63, 3.8) is 0 Å². The van der Waals surface area contributed by atoms with E-state index in [1.54, 1.807) is 29.2 Å². The predicted octanol–water partition coefficient (Wildman–Crippen LogP) is 3.43. The van der Waals surface area contributed by atoms with Gasteiger partial charge in [-0.1, -0.05) is 24.1 Å². The number of esters is 1. The van der Waals surface area contributed by atoms with Gasteiger partial charge in [0, 0.05) is 13.1 Å². The summed E-state index contributed by atoms with van der Waals surface area (Å²) in [6, 6.07) is 6.73. The van der Waals surface area contributed by atoms with E-state index < -0.39 is 5.97 Å². The van der Waals surface area contributed by atoms with Gasteiger partial charge in [0.05, 0.1) is 16.8 Å². The molecule has 0 spiro atoms. The fourth-order valence-electron chi connectivity index (χ4n) is 3.20. The first-order valence-corrected chi connectivity index (χ1v) is 9.64. The molecule has 0 bridgehead atoms. The van der Waals surface area contributed by atoms with Crippen LogP contribution < -0.4 is 4.74 Å². The van der Waals surface area contributed by atoms with Crippen molar-refractivity contribution in [3.05, 3.63) is 46.8 Å². The lowest BCUT2D eigenvalue weighted by Gasteiger charge is -2.19. The first-order chi connectivity index (χ1) is 13.5. The zero-order valence-corrected chi connectivity index (χ0v) is 16.4. The summed E-state index contributed by atoms with van der Waals surface area (Å²) in [6.07, 6.45) is 4.29. The first kappa shape index (κ1) is 19.9. The standard InChI is InChI=1S/C21H26N2O5/c1-15-19(16(2)28-22-15)13-26-18-9-7-8-17(12-18)21(25)27-14-20(24)23-10-5-3-4-6-11-23/h7-9,12H,3-6,10-11,13-14H2,1-2H3. The average Bonchev–Trinajstić information content (AvgIpc) is 2.91. The molecule has 0 radical (unpaired) electrons. The van der Waals surface area contributed by atoms with Crippen molar-refractivity contribution >= 4 is 11.9 Å². The Balaban J connectivity index is 1.54. The highest BCUT2D eigenvalue weighted by Crippen LogP contribution is 2.19. The Bertz CT molecular complexity index is 802. The van der Waals surface area contributed by atoms with Crippen molar-refractivity contribution in [1.29, 1.82) is 0 Å². The summed E-state index contributed by atoms with van der Waals surface area (Å²) in [7, 11) is 0. The number of aryl methyl sites for hydroxylation is 2. The molecule has 1 aliphatic rings. The summed E-state index contributed by atoms with van der Waals surface area (Å²) in [5.41, 5.74) is 2.01. The van der Waals surface area contributed by atoms with Gasteiger partial charge in [-0.05, 0) is 44.9 Å². The van der Waals surface area contributed by atoms with E-state index in [0.29, 0.717) is 23.7 Å². The maximum atomic E-state index is 12.3. The molecule has 2 heterocycles. The van der Waals surface area contributed by atoms with Gasteiger partial charge in [0.1, 0.15) is 18.1 Å². The molecule has 1 fully saturated rings. The zero-order valence-electron chi connectivity index (χ0n) is 16.4. The molecule has 0 atom stereocenters. The lowest BCUT2D eigenvalue weighted by molar-refractivity contribution is -0.134. The number of carbonyl (C=O) groups excluding carboxylic acids is 2. The number of likely N-dealkylation sites (tertiary alicyclic amines) is 1. The van der Waals surface area contributed by atoms with Crippen LogP contribution in [0.2, 0.25) is 0 Å². The van der Waals surface area contributed by atoms with E-state index in [-0.39, 0.29) is 12.5 Å². The van der Waals surface area contributed by atoms with Gasteiger partial charge in [-0.15, -0.1) is 0 Å². The van der Waals surface area contributed by atoms with Crippen molar-refractivity contribution in [2.24, 2.45) is 0 Å². The van der Waals surface area contributed by atoms with E-state index >= 15 is 0 Å². The van der Waals surface area contributed by atoms with Crippen molar-refractivity contribution in [2.45, 2.75) is 46.1 Å². The Kier molecular flexibility index (Phi) is 6.68. The fourth-order valence-corrected chi connectivity index (χ4v) is 3.20. The molecular weight excluding hydrogens is 360 g/mol. The topological polar surface area (TPSA) is 81.9 Å². The van der Waals surface area contributed by atoms with Crippen LogP contribution in [0.3, 0.4) is 0 Å². The summed E-state index contributed by atoms with van der Waals surface area (Å²) >= 11 is 0. The molecular formula is C21H26N2O5. The number of carbonyl (C=O) groups is 2. The Morgan fingerprint density at radius 1 is 1.14 bits per heavy atom. The lowest BCUT2D eigenvalue weighted by Crippen LogP contribution is -2.35. The Labute approximate surface area is 164 Å². The maximum Gasteiger partial charge on any atom is 0.338 e. The van der Waals surface area contributed by atoms with Gasteiger partial charge in [-0.2, -0.15) is 0 Å². The van der Waals surface area contributed by atoms with Gasteiger partial charge in [0.2, 0.25) is 0 Å². The molecule has 0 saturated carbocycles. The number of nitrogens with zero attached hydrogens (tertiary/aromatic N) is 2. The molecule has 3 rings (SSSR count). The quantitative estimate of drug-likeness (QED) is 0.708. The Morgan fingerprint density at radius 3 is 2.57 bits per heavy atom. The van der Waals surface area contributed by atoms with E-state index in [9.17, 15) is 9.59 Å². The number of rotatable bonds is 6. The molecule has 28 heavy (non-hydrogen) atoms. The van der Waals surface area contributed by atoms with Crippen molar-refractivity contribution < 1.29 is 23.6 Å². The van der Waals surface area contributed by atoms with Gasteiger partial charge in [-0.3, -0.25) is 4.79 Å². The SMILES string of the molecule is Cc1noc(C)c1COc1cccc(C(=O)OCC(=O)N2CCCCCC2)c1. The first-order valence-electron chi connectivity index (χ1n) is 9.64. The smallest absolute Gasteiger partial charge is 0.338 e. The Hall–Kier alpha value is -2.83. The minimum atomic E-state index is -0.536. The van der Waals surface area contributed by atoms with E-state index in [4.69, 9.17) is 14.0 Å². The largest absolute Gasteiger partial charge is 0.489 e. The van der Waals surface area contributed by atoms with E-state index in [2.05, 4.69) is 5.16 Å². The number of aromatic nitrogens is 1. The molecule has 1 amide bonds. The number of amides is 1. The third kappa shape index (κ3) is 5.12. The van der Waals surface area contributed by atoms with Gasteiger partial charge >= 0.3 is 5.97 Å². The molecule has 1 aliphatic heterocycles. The lowest BCUT2D eigenvalue weighted by atomic mass is 10.2. The van der Waals surface area contributed by atoms with Crippen LogP contribution in [0.15, 0.2) is 28.8 Å². The Morgan fingerprint density at radius 2 is 1.89 bits per heavy atom. The van der Waals surface area contributed by atoms with E-state index in [1.165, 1.54) is 0 Å². The summed E-state index contributed by atoms with van der Waals surface area (Å²) in [6.45, 7) is 5.22. The molecule has 0 unspecified atom stereocenters. The van der Waals surface area contributed by atoms with Crippen LogP contribution >= 0.6 is 0 Å². The molecule has 1 aromatic heterocycles. The van der Waals surface area contributed by atoms with Crippen LogP contribution in [0.25, 0.3) is 0 Å². The van der Waals surface area contributed by atoms with Crippen LogP contribution in [0.4, 0.5) is 0 Å². The third-order valence-electron chi connectivity index (χ3n) is 4.92. The zero-order chi connectivity index (χ0) is 19.9. The van der Waals surface area contributed by atoms with Crippen molar-refractivity contribution in [3.8, 4) is 5.75 Å². The van der Waals surface area contributed by atoms with Crippen LogP contribution in [-0.4, -0.2) is 41.6 Å². The number of hydrogen-bond donors (Lipinski definition) is 0. The van der Waals surface area contributed by atoms with E-state index in [0.717, 1.165) is 50.0 Å². The number of hydrogen-bond acceptors (Lipinski definition) is 6. The van der Waals surface area contributed by atoms with Crippen LogP contribution in [0.5, 0.6) is 5.75 Å². The summed E-state index contributed by atoms with van der Waals surface area (Å²) in [5.74, 6) is 0.570. The van der Waals surface area contributed by atoms with Crippen LogP contribution in [-0.2, 0) is 16.1 Å². The summed E-state index contributed by atoms with van der Waals surface area (Å²) in [5, 5.41) is 3.89. The van der Waals surface area contributed by atoms with Gasteiger partial charge < -0.3 is 18.9 Å². The predicted molar refractivity (Wildman–Crippen MR) is 102 cm³/mol. The highest BCUT2D eigenvalue weighted by atomic mass is 16.5. The third-order valence-corrected chi connectivity index (χ3v) is 4.92. The average molecular weight is 386 g/mol. The van der Waals surface area contributed by atoms with Gasteiger partial charge in [0.25, 0.3) is 5.91 Å². The molecule has 1 aromatic carbocycles. The van der Waals surface area contributed by atoms with E-state index in [1.807, 2.05) is 13.8 Å². The molecule has 0 aliphatic carbocycles. The van der Waals surface area contributed by atoms with Crippen LogP contribution in [0, 0.1) is 13.8 Å². The maximum absolute atomic E-state index is 12.3. The summed E-state index contributed by atoms with van der Waals surface area (Å²) < 4.78 is 16.1. The minimum absolute atomic E-state index is 0.138. The normalized spacial score (nSPS) is 14.4. The monoisotopic (exact) mass is 386 g/mol. The molecule has 7 heteroatoms. The van der Waals surface area contributed by atoms with Crippen molar-refractivity contribution in [1.82, 2.24) is 10.1 Å². The number of ether oxygens (including phenoxy) is 2. The molecule has 1 saturated heterocycles. The fraction of sp³-hybridized carbons (Fsp3) is 0.476. The second-order valence-electron chi connectivity index (χ2n) is 6.99. The highest BCUT2D eigenvalue weighted by Gasteiger charge is 2.18. The summed E-state index contributed by atoms with van der Waals surface area (Å²) in [4.78, 5) is 26.4. The molecule has 0 N–H and O–H groups in total. The molecule has 7 nitrogen and oxygen atoms in total. The second-order valence-corrected chi connectivity index (χ2v) is 6.99. The van der Waals surface area contributed by atoms with Crippen LogP contribution in [0.1, 0.15) is 53.1 Å². The van der Waals surface area contributed by atoms with Gasteiger partial charge in [-0.25, -0.2) is 4.79 Å². The molecule has 2 aromatic rings. The van der Waals surface area contributed by atoms with Gasteiger partial charge in [0.15, 0.2) is 6.61 Å². The number of benzene rings is 1. The second kappa shape index (κ2) is 9.39. The highest BCUT2D eigenvalue weighted by molar-refractivity contribution is 5.91.